The van der Waals surface area contributed by atoms with Gasteiger partial charge in [-0.15, -0.1) is 0 Å². The fraction of sp³-hybridized carbons (Fsp3) is 0.190. The van der Waals surface area contributed by atoms with Crippen molar-refractivity contribution in [2.24, 2.45) is 0 Å². The van der Waals surface area contributed by atoms with Crippen molar-refractivity contribution in [3.63, 3.8) is 0 Å². The highest BCUT2D eigenvalue weighted by Gasteiger charge is 2.20. The van der Waals surface area contributed by atoms with E-state index in [0.29, 0.717) is 23.6 Å². The van der Waals surface area contributed by atoms with Gasteiger partial charge in [-0.1, -0.05) is 6.07 Å². The van der Waals surface area contributed by atoms with Crippen LogP contribution in [-0.2, 0) is 13.0 Å². The smallest absolute Gasteiger partial charge is 0.146 e. The molecule has 0 atom stereocenters. The largest absolute Gasteiger partial charge is 0.456 e. The summed E-state index contributed by atoms with van der Waals surface area (Å²) in [7, 11) is 0. The van der Waals surface area contributed by atoms with E-state index in [2.05, 4.69) is 20.9 Å². The standard InChI is InChI=1S/C21H17FN4O/c1-14-7-15(10-23)11-25-21(14)26-6-5-20-16(13-26)8-19(12-24-20)27-18-4-2-3-17(22)9-18/h2-4,7-9,11-12H,5-6,13H2,1H3. The molecule has 0 saturated carbocycles. The summed E-state index contributed by atoms with van der Waals surface area (Å²) in [6.07, 6.45) is 4.07. The highest BCUT2D eigenvalue weighted by Crippen LogP contribution is 2.29. The predicted octanol–water partition coefficient (Wildman–Crippen LogP) is 4.15. The minimum atomic E-state index is -0.341. The van der Waals surface area contributed by atoms with Crippen LogP contribution in [0.1, 0.15) is 22.4 Å². The van der Waals surface area contributed by atoms with Crippen LogP contribution in [0, 0.1) is 24.1 Å². The minimum absolute atomic E-state index is 0.341. The maximum absolute atomic E-state index is 13.3. The van der Waals surface area contributed by atoms with Crippen molar-refractivity contribution in [1.82, 2.24) is 9.97 Å². The summed E-state index contributed by atoms with van der Waals surface area (Å²) in [5.41, 5.74) is 3.61. The van der Waals surface area contributed by atoms with E-state index in [4.69, 9.17) is 10.00 Å². The SMILES string of the molecule is Cc1cc(C#N)cnc1N1CCc2ncc(Oc3cccc(F)c3)cc2C1. The second kappa shape index (κ2) is 7.04. The van der Waals surface area contributed by atoms with E-state index in [1.54, 1.807) is 24.5 Å². The highest BCUT2D eigenvalue weighted by atomic mass is 19.1. The third-order valence-electron chi connectivity index (χ3n) is 4.53. The van der Waals surface area contributed by atoms with Crippen LogP contribution < -0.4 is 9.64 Å². The summed E-state index contributed by atoms with van der Waals surface area (Å²) in [5.74, 6) is 1.54. The van der Waals surface area contributed by atoms with E-state index < -0.39 is 0 Å². The van der Waals surface area contributed by atoms with Crippen molar-refractivity contribution >= 4 is 5.82 Å². The predicted molar refractivity (Wildman–Crippen MR) is 99.2 cm³/mol. The van der Waals surface area contributed by atoms with Gasteiger partial charge in [0.1, 0.15) is 29.2 Å². The molecule has 1 aromatic carbocycles. The Morgan fingerprint density at radius 1 is 1.15 bits per heavy atom. The Bertz CT molecular complexity index is 1040. The number of benzene rings is 1. The zero-order valence-electron chi connectivity index (χ0n) is 14.8. The fourth-order valence-electron chi connectivity index (χ4n) is 3.27. The number of ether oxygens (including phenoxy) is 1. The lowest BCUT2D eigenvalue weighted by Crippen LogP contribution is -2.32. The molecule has 0 aliphatic carbocycles. The molecule has 0 amide bonds. The number of halogens is 1. The van der Waals surface area contributed by atoms with E-state index in [-0.39, 0.29) is 5.82 Å². The first-order chi connectivity index (χ1) is 13.1. The highest BCUT2D eigenvalue weighted by molar-refractivity contribution is 5.51. The summed E-state index contributed by atoms with van der Waals surface area (Å²) >= 11 is 0. The normalized spacial score (nSPS) is 13.0. The number of nitriles is 1. The van der Waals surface area contributed by atoms with Gasteiger partial charge in [0.25, 0.3) is 0 Å². The molecule has 0 fully saturated rings. The molecular weight excluding hydrogens is 343 g/mol. The second-order valence-electron chi connectivity index (χ2n) is 6.48. The molecule has 6 heteroatoms. The summed E-state index contributed by atoms with van der Waals surface area (Å²) in [5, 5.41) is 9.01. The second-order valence-corrected chi connectivity index (χ2v) is 6.48. The summed E-state index contributed by atoms with van der Waals surface area (Å²) in [6, 6.07) is 11.9. The molecule has 0 bridgehead atoms. The molecule has 27 heavy (non-hydrogen) atoms. The van der Waals surface area contributed by atoms with Gasteiger partial charge in [0.2, 0.25) is 0 Å². The number of anilines is 1. The first kappa shape index (κ1) is 17.0. The van der Waals surface area contributed by atoms with Crippen LogP contribution in [-0.4, -0.2) is 16.5 Å². The molecule has 0 saturated heterocycles. The van der Waals surface area contributed by atoms with E-state index in [9.17, 15) is 4.39 Å². The minimum Gasteiger partial charge on any atom is -0.456 e. The number of aromatic nitrogens is 2. The van der Waals surface area contributed by atoms with Crippen molar-refractivity contribution < 1.29 is 9.13 Å². The molecule has 2 aromatic heterocycles. The number of nitrogens with zero attached hydrogens (tertiary/aromatic N) is 4. The van der Waals surface area contributed by atoms with Crippen LogP contribution in [0.3, 0.4) is 0 Å². The fourth-order valence-corrected chi connectivity index (χ4v) is 3.27. The third-order valence-corrected chi connectivity index (χ3v) is 4.53. The van der Waals surface area contributed by atoms with Gasteiger partial charge in [0.05, 0.1) is 11.8 Å². The molecule has 5 nitrogen and oxygen atoms in total. The zero-order valence-corrected chi connectivity index (χ0v) is 14.8. The number of hydrogen-bond acceptors (Lipinski definition) is 5. The van der Waals surface area contributed by atoms with Crippen molar-refractivity contribution in [2.45, 2.75) is 19.9 Å². The van der Waals surface area contributed by atoms with Gasteiger partial charge in [-0.3, -0.25) is 4.98 Å². The zero-order chi connectivity index (χ0) is 18.8. The Kier molecular flexibility index (Phi) is 4.43. The van der Waals surface area contributed by atoms with Gasteiger partial charge in [-0.25, -0.2) is 9.37 Å². The molecule has 134 valence electrons. The van der Waals surface area contributed by atoms with Gasteiger partial charge in [0.15, 0.2) is 0 Å². The number of hydrogen-bond donors (Lipinski definition) is 0. The third kappa shape index (κ3) is 3.58. The Morgan fingerprint density at radius 3 is 2.81 bits per heavy atom. The summed E-state index contributed by atoms with van der Waals surface area (Å²) < 4.78 is 19.1. The molecule has 3 aromatic rings. The van der Waals surface area contributed by atoms with Crippen molar-refractivity contribution in [1.29, 1.82) is 5.26 Å². The van der Waals surface area contributed by atoms with E-state index in [1.807, 2.05) is 19.1 Å². The number of rotatable bonds is 3. The molecular formula is C21H17FN4O. The van der Waals surface area contributed by atoms with Crippen LogP contribution in [0.4, 0.5) is 10.2 Å². The number of pyridine rings is 2. The van der Waals surface area contributed by atoms with Gasteiger partial charge in [0, 0.05) is 37.5 Å². The maximum Gasteiger partial charge on any atom is 0.146 e. The Hall–Kier alpha value is -3.46. The monoisotopic (exact) mass is 360 g/mol. The molecule has 0 N–H and O–H groups in total. The lowest BCUT2D eigenvalue weighted by Gasteiger charge is -2.30. The van der Waals surface area contributed by atoms with Gasteiger partial charge < -0.3 is 9.64 Å². The molecule has 3 heterocycles. The number of fused-ring (bicyclic) bond motifs is 1. The van der Waals surface area contributed by atoms with Crippen molar-refractivity contribution in [3.8, 4) is 17.6 Å². The molecule has 1 aliphatic rings. The lowest BCUT2D eigenvalue weighted by molar-refractivity contribution is 0.472. The molecule has 1 aliphatic heterocycles. The molecule has 0 spiro atoms. The van der Waals surface area contributed by atoms with Crippen molar-refractivity contribution in [2.75, 3.05) is 11.4 Å². The Balaban J connectivity index is 1.57. The molecule has 0 unspecified atom stereocenters. The van der Waals surface area contributed by atoms with Crippen LogP contribution in [0.2, 0.25) is 0 Å². The summed E-state index contributed by atoms with van der Waals surface area (Å²) in [6.45, 7) is 3.42. The lowest BCUT2D eigenvalue weighted by atomic mass is 10.0. The molecule has 0 radical (unpaired) electrons. The van der Waals surface area contributed by atoms with Crippen molar-refractivity contribution in [3.05, 3.63) is 77.0 Å². The van der Waals surface area contributed by atoms with Crippen LogP contribution >= 0.6 is 0 Å². The number of aryl methyl sites for hydroxylation is 1. The average Bonchev–Trinajstić information content (AvgIpc) is 2.67. The topological polar surface area (TPSA) is 62.0 Å². The van der Waals surface area contributed by atoms with Gasteiger partial charge >= 0.3 is 0 Å². The quantitative estimate of drug-likeness (QED) is 0.702. The van der Waals surface area contributed by atoms with E-state index in [0.717, 1.165) is 35.6 Å². The Morgan fingerprint density at radius 2 is 2.04 bits per heavy atom. The maximum atomic E-state index is 13.3. The Labute approximate surface area is 156 Å². The van der Waals surface area contributed by atoms with Gasteiger partial charge in [-0.05, 0) is 42.3 Å². The first-order valence-electron chi connectivity index (χ1n) is 8.65. The van der Waals surface area contributed by atoms with E-state index >= 15 is 0 Å². The first-order valence-corrected chi connectivity index (χ1v) is 8.65. The average molecular weight is 360 g/mol. The van der Waals surface area contributed by atoms with Crippen LogP contribution in [0.25, 0.3) is 0 Å². The van der Waals surface area contributed by atoms with Gasteiger partial charge in [-0.2, -0.15) is 5.26 Å². The molecule has 4 rings (SSSR count). The van der Waals surface area contributed by atoms with Crippen LogP contribution in [0.15, 0.2) is 48.8 Å². The van der Waals surface area contributed by atoms with Crippen LogP contribution in [0.5, 0.6) is 11.5 Å². The van der Waals surface area contributed by atoms with E-state index in [1.165, 1.54) is 12.1 Å². The summed E-state index contributed by atoms with van der Waals surface area (Å²) in [4.78, 5) is 11.1.